The molecule has 0 saturated carbocycles. The summed E-state index contributed by atoms with van der Waals surface area (Å²) in [5.74, 6) is 1.95. The minimum atomic E-state index is -0.0792. The highest BCUT2D eigenvalue weighted by Crippen LogP contribution is 2.14. The van der Waals surface area contributed by atoms with Gasteiger partial charge in [0.25, 0.3) is 0 Å². The van der Waals surface area contributed by atoms with Crippen LogP contribution in [0.1, 0.15) is 57.8 Å². The van der Waals surface area contributed by atoms with Crippen molar-refractivity contribution in [2.24, 2.45) is 11.7 Å². The van der Waals surface area contributed by atoms with Crippen LogP contribution in [0, 0.1) is 5.92 Å². The molecule has 0 spiro atoms. The van der Waals surface area contributed by atoms with Gasteiger partial charge < -0.3 is 10.3 Å². The fourth-order valence-corrected chi connectivity index (χ4v) is 1.38. The fourth-order valence-electron chi connectivity index (χ4n) is 1.38. The number of aromatic nitrogens is 2. The summed E-state index contributed by atoms with van der Waals surface area (Å²) < 4.78 is 5.16. The van der Waals surface area contributed by atoms with Gasteiger partial charge in [0.1, 0.15) is 0 Å². The standard InChI is InChI=1S/C11H21N3O/c1-4-6-9(12)11-13-10(15-14-11)7-8(3)5-2/h8-9H,4-7,12H2,1-3H3. The van der Waals surface area contributed by atoms with Gasteiger partial charge in [-0.25, -0.2) is 0 Å². The summed E-state index contributed by atoms with van der Waals surface area (Å²) in [5.41, 5.74) is 5.90. The van der Waals surface area contributed by atoms with Gasteiger partial charge >= 0.3 is 0 Å². The van der Waals surface area contributed by atoms with Crippen molar-refractivity contribution >= 4 is 0 Å². The predicted molar refractivity (Wildman–Crippen MR) is 59.3 cm³/mol. The van der Waals surface area contributed by atoms with E-state index in [0.29, 0.717) is 17.6 Å². The molecule has 0 fully saturated rings. The van der Waals surface area contributed by atoms with Crippen molar-refractivity contribution in [2.45, 2.75) is 52.5 Å². The molecular weight excluding hydrogens is 190 g/mol. The van der Waals surface area contributed by atoms with Gasteiger partial charge in [-0.1, -0.05) is 38.8 Å². The van der Waals surface area contributed by atoms with E-state index in [1.54, 1.807) is 0 Å². The number of nitrogens with two attached hydrogens (primary N) is 1. The third-order valence-electron chi connectivity index (χ3n) is 2.64. The Kier molecular flexibility index (Phi) is 4.75. The van der Waals surface area contributed by atoms with E-state index in [0.717, 1.165) is 25.7 Å². The van der Waals surface area contributed by atoms with E-state index in [1.807, 2.05) is 0 Å². The highest BCUT2D eigenvalue weighted by molar-refractivity contribution is 4.93. The third kappa shape index (κ3) is 3.63. The maximum Gasteiger partial charge on any atom is 0.226 e. The average molecular weight is 211 g/mol. The lowest BCUT2D eigenvalue weighted by Gasteiger charge is -2.03. The molecule has 0 aliphatic carbocycles. The van der Waals surface area contributed by atoms with Gasteiger partial charge in [0, 0.05) is 6.42 Å². The molecule has 0 saturated heterocycles. The van der Waals surface area contributed by atoms with Crippen LogP contribution in [-0.4, -0.2) is 10.1 Å². The molecule has 1 aromatic heterocycles. The molecule has 0 aliphatic heterocycles. The number of hydrogen-bond donors (Lipinski definition) is 1. The second-order valence-corrected chi connectivity index (χ2v) is 4.16. The van der Waals surface area contributed by atoms with Gasteiger partial charge in [0.05, 0.1) is 6.04 Å². The first-order valence-electron chi connectivity index (χ1n) is 5.75. The Labute approximate surface area is 91.2 Å². The van der Waals surface area contributed by atoms with Gasteiger partial charge in [0.2, 0.25) is 5.89 Å². The van der Waals surface area contributed by atoms with Crippen molar-refractivity contribution in [1.29, 1.82) is 0 Å². The second-order valence-electron chi connectivity index (χ2n) is 4.16. The van der Waals surface area contributed by atoms with Crippen LogP contribution in [0.5, 0.6) is 0 Å². The SMILES string of the molecule is CCCC(N)c1noc(CC(C)CC)n1. The second kappa shape index (κ2) is 5.85. The van der Waals surface area contributed by atoms with Crippen LogP contribution < -0.4 is 5.73 Å². The van der Waals surface area contributed by atoms with Crippen LogP contribution in [0.3, 0.4) is 0 Å². The van der Waals surface area contributed by atoms with Gasteiger partial charge in [-0.15, -0.1) is 0 Å². The lowest BCUT2D eigenvalue weighted by atomic mass is 10.1. The molecule has 2 N–H and O–H groups in total. The van der Waals surface area contributed by atoms with Crippen molar-refractivity contribution in [3.05, 3.63) is 11.7 Å². The zero-order valence-corrected chi connectivity index (χ0v) is 9.86. The van der Waals surface area contributed by atoms with E-state index in [9.17, 15) is 0 Å². The van der Waals surface area contributed by atoms with Crippen LogP contribution >= 0.6 is 0 Å². The van der Waals surface area contributed by atoms with Crippen LogP contribution in [0.4, 0.5) is 0 Å². The maximum atomic E-state index is 5.90. The molecule has 1 heterocycles. The Morgan fingerprint density at radius 3 is 2.73 bits per heavy atom. The van der Waals surface area contributed by atoms with Crippen LogP contribution in [0.2, 0.25) is 0 Å². The van der Waals surface area contributed by atoms with E-state index in [2.05, 4.69) is 30.9 Å². The molecule has 2 unspecified atom stereocenters. The first kappa shape index (κ1) is 12.2. The highest BCUT2D eigenvalue weighted by Gasteiger charge is 2.14. The van der Waals surface area contributed by atoms with E-state index in [-0.39, 0.29) is 6.04 Å². The molecule has 15 heavy (non-hydrogen) atoms. The predicted octanol–water partition coefficient (Wildman–Crippen LogP) is 2.46. The lowest BCUT2D eigenvalue weighted by Crippen LogP contribution is -2.11. The van der Waals surface area contributed by atoms with Crippen molar-refractivity contribution in [3.63, 3.8) is 0 Å². The summed E-state index contributed by atoms with van der Waals surface area (Å²) in [7, 11) is 0. The minimum absolute atomic E-state index is 0.0792. The molecule has 0 radical (unpaired) electrons. The zero-order chi connectivity index (χ0) is 11.3. The summed E-state index contributed by atoms with van der Waals surface area (Å²) in [6.45, 7) is 6.43. The molecule has 1 aromatic rings. The molecular formula is C11H21N3O. The van der Waals surface area contributed by atoms with E-state index >= 15 is 0 Å². The molecule has 4 heteroatoms. The number of rotatable bonds is 6. The molecule has 86 valence electrons. The van der Waals surface area contributed by atoms with Crippen LogP contribution in [0.25, 0.3) is 0 Å². The quantitative estimate of drug-likeness (QED) is 0.785. The minimum Gasteiger partial charge on any atom is -0.339 e. The maximum absolute atomic E-state index is 5.90. The number of nitrogens with zero attached hydrogens (tertiary/aromatic N) is 2. The Hall–Kier alpha value is -0.900. The van der Waals surface area contributed by atoms with E-state index in [4.69, 9.17) is 10.3 Å². The van der Waals surface area contributed by atoms with Gasteiger partial charge in [0.15, 0.2) is 5.82 Å². The summed E-state index contributed by atoms with van der Waals surface area (Å²) in [5, 5.41) is 3.91. The Balaban J connectivity index is 2.55. The average Bonchev–Trinajstić information content (AvgIpc) is 2.66. The van der Waals surface area contributed by atoms with Crippen molar-refractivity contribution < 1.29 is 4.52 Å². The smallest absolute Gasteiger partial charge is 0.226 e. The normalized spacial score (nSPS) is 15.2. The Bertz CT molecular complexity index is 285. The van der Waals surface area contributed by atoms with Crippen LogP contribution in [-0.2, 0) is 6.42 Å². The van der Waals surface area contributed by atoms with Crippen LogP contribution in [0.15, 0.2) is 4.52 Å². The molecule has 0 bridgehead atoms. The molecule has 1 rings (SSSR count). The summed E-state index contributed by atoms with van der Waals surface area (Å²) in [6.07, 6.45) is 3.92. The summed E-state index contributed by atoms with van der Waals surface area (Å²) in [6, 6.07) is -0.0792. The first-order chi connectivity index (χ1) is 7.17. The van der Waals surface area contributed by atoms with Gasteiger partial charge in [-0.3, -0.25) is 0 Å². The topological polar surface area (TPSA) is 64.9 Å². The monoisotopic (exact) mass is 211 g/mol. The van der Waals surface area contributed by atoms with Crippen molar-refractivity contribution in [3.8, 4) is 0 Å². The Morgan fingerprint density at radius 2 is 2.13 bits per heavy atom. The third-order valence-corrected chi connectivity index (χ3v) is 2.64. The van der Waals surface area contributed by atoms with E-state index < -0.39 is 0 Å². The summed E-state index contributed by atoms with van der Waals surface area (Å²) >= 11 is 0. The van der Waals surface area contributed by atoms with Crippen molar-refractivity contribution in [1.82, 2.24) is 10.1 Å². The first-order valence-corrected chi connectivity index (χ1v) is 5.75. The van der Waals surface area contributed by atoms with Gasteiger partial charge in [-0.05, 0) is 12.3 Å². The Morgan fingerprint density at radius 1 is 1.40 bits per heavy atom. The molecule has 2 atom stereocenters. The van der Waals surface area contributed by atoms with Crippen molar-refractivity contribution in [2.75, 3.05) is 0 Å². The van der Waals surface area contributed by atoms with E-state index in [1.165, 1.54) is 0 Å². The zero-order valence-electron chi connectivity index (χ0n) is 9.86. The highest BCUT2D eigenvalue weighted by atomic mass is 16.5. The number of hydrogen-bond acceptors (Lipinski definition) is 4. The molecule has 0 aromatic carbocycles. The van der Waals surface area contributed by atoms with Gasteiger partial charge in [-0.2, -0.15) is 4.98 Å². The molecule has 0 amide bonds. The molecule has 4 nitrogen and oxygen atoms in total. The largest absolute Gasteiger partial charge is 0.339 e. The molecule has 0 aliphatic rings. The fraction of sp³-hybridized carbons (Fsp3) is 0.818. The summed E-state index contributed by atoms with van der Waals surface area (Å²) in [4.78, 5) is 4.31. The lowest BCUT2D eigenvalue weighted by molar-refractivity contribution is 0.349.